The first-order valence-corrected chi connectivity index (χ1v) is 7.36. The number of nitrogens with one attached hydrogen (secondary N) is 1. The molecular formula is C17H21N3OS. The van der Waals surface area contributed by atoms with E-state index in [2.05, 4.69) is 34.7 Å². The third-order valence-electron chi connectivity index (χ3n) is 2.71. The molecule has 0 saturated heterocycles. The fourth-order valence-electron chi connectivity index (χ4n) is 1.61. The van der Waals surface area contributed by atoms with E-state index in [9.17, 15) is 0 Å². The Balaban J connectivity index is 2.48. The summed E-state index contributed by atoms with van der Waals surface area (Å²) in [6.07, 6.45) is 9.64. The second kappa shape index (κ2) is 11.3. The summed E-state index contributed by atoms with van der Waals surface area (Å²) in [5.41, 5.74) is 8.52. The molecule has 1 aromatic carbocycles. The maximum absolute atomic E-state index is 5.85. The fourth-order valence-corrected chi connectivity index (χ4v) is 1.69. The second-order valence-corrected chi connectivity index (χ2v) is 4.53. The minimum absolute atomic E-state index is 0.472. The molecule has 1 rings (SSSR count). The largest absolute Gasteiger partial charge is 0.497 e. The zero-order chi connectivity index (χ0) is 16.0. The molecule has 0 atom stereocenters. The van der Waals surface area contributed by atoms with Crippen LogP contribution in [0.4, 0.5) is 0 Å². The van der Waals surface area contributed by atoms with E-state index in [1.165, 1.54) is 11.1 Å². The van der Waals surface area contributed by atoms with Crippen molar-refractivity contribution in [1.82, 2.24) is 5.32 Å². The van der Waals surface area contributed by atoms with Gasteiger partial charge in [0.2, 0.25) is 0 Å². The van der Waals surface area contributed by atoms with Crippen molar-refractivity contribution >= 4 is 23.5 Å². The van der Waals surface area contributed by atoms with E-state index in [-0.39, 0.29) is 0 Å². The molecule has 116 valence electrons. The fraction of sp³-hybridized carbons (Fsp3) is 0.176. The quantitative estimate of drug-likeness (QED) is 0.242. The zero-order valence-corrected chi connectivity index (χ0v) is 13.4. The standard InChI is InChI=1S/C17H21N3OS/c1-21-16(8-5-12-19-14-22)9-10-17(18)20-13-11-15-6-3-2-4-7-15/h2-10,12,14H,11,13H2,1H3,(H2,18,20)(H,19,22)/b10-9+,12-5+,16-8+. The first-order chi connectivity index (χ1) is 10.8. The van der Waals surface area contributed by atoms with E-state index in [1.807, 2.05) is 18.2 Å². The lowest BCUT2D eigenvalue weighted by Gasteiger charge is -2.00. The molecule has 0 radical (unpaired) electrons. The van der Waals surface area contributed by atoms with Crippen molar-refractivity contribution in [3.05, 3.63) is 72.2 Å². The van der Waals surface area contributed by atoms with Crippen LogP contribution in [-0.2, 0) is 11.2 Å². The molecular weight excluding hydrogens is 294 g/mol. The lowest BCUT2D eigenvalue weighted by atomic mass is 10.2. The van der Waals surface area contributed by atoms with Gasteiger partial charge in [0.15, 0.2) is 0 Å². The summed E-state index contributed by atoms with van der Waals surface area (Å²) in [6, 6.07) is 10.2. The predicted octanol–water partition coefficient (Wildman–Crippen LogP) is 2.73. The molecule has 22 heavy (non-hydrogen) atoms. The van der Waals surface area contributed by atoms with Gasteiger partial charge >= 0.3 is 0 Å². The molecule has 4 nitrogen and oxygen atoms in total. The van der Waals surface area contributed by atoms with Gasteiger partial charge in [0.05, 0.1) is 12.6 Å². The summed E-state index contributed by atoms with van der Waals surface area (Å²) in [4.78, 5) is 4.31. The number of thiocarbonyl (C=S) groups is 1. The van der Waals surface area contributed by atoms with Gasteiger partial charge in [-0.05, 0) is 36.3 Å². The van der Waals surface area contributed by atoms with Gasteiger partial charge in [0, 0.05) is 12.7 Å². The molecule has 0 heterocycles. The van der Waals surface area contributed by atoms with Gasteiger partial charge in [-0.15, -0.1) is 0 Å². The number of aliphatic imine (C=N–C) groups is 1. The number of allylic oxidation sites excluding steroid dienone is 3. The minimum atomic E-state index is 0.472. The molecule has 0 unspecified atom stereocenters. The molecule has 0 aliphatic rings. The normalized spacial score (nSPS) is 12.8. The average molecular weight is 315 g/mol. The molecule has 0 amide bonds. The highest BCUT2D eigenvalue weighted by atomic mass is 32.1. The van der Waals surface area contributed by atoms with E-state index in [0.717, 1.165) is 6.42 Å². The monoisotopic (exact) mass is 315 g/mol. The number of hydrogen-bond donors (Lipinski definition) is 2. The van der Waals surface area contributed by atoms with Crippen LogP contribution in [0.15, 0.2) is 71.6 Å². The van der Waals surface area contributed by atoms with Gasteiger partial charge < -0.3 is 15.8 Å². The maximum atomic E-state index is 5.85. The third-order valence-corrected chi connectivity index (χ3v) is 2.85. The second-order valence-electron chi connectivity index (χ2n) is 4.29. The van der Waals surface area contributed by atoms with Crippen LogP contribution in [0.5, 0.6) is 0 Å². The highest BCUT2D eigenvalue weighted by molar-refractivity contribution is 7.78. The number of benzene rings is 1. The van der Waals surface area contributed by atoms with Crippen molar-refractivity contribution in [1.29, 1.82) is 0 Å². The number of ether oxygens (including phenoxy) is 1. The van der Waals surface area contributed by atoms with Crippen LogP contribution in [0, 0.1) is 0 Å². The van der Waals surface area contributed by atoms with Crippen LogP contribution in [0.3, 0.4) is 0 Å². The van der Waals surface area contributed by atoms with E-state index < -0.39 is 0 Å². The molecule has 0 saturated carbocycles. The Morgan fingerprint density at radius 2 is 2.09 bits per heavy atom. The molecule has 1 aromatic rings. The Hall–Kier alpha value is -2.40. The lowest BCUT2D eigenvalue weighted by molar-refractivity contribution is 0.307. The van der Waals surface area contributed by atoms with Gasteiger partial charge in [-0.3, -0.25) is 4.99 Å². The SMILES string of the molecule is COC(/C=C/C(N)=NCCc1ccccc1)=C/C=C/NC=S. The first kappa shape index (κ1) is 17.7. The Labute approximate surface area is 137 Å². The molecule has 0 aliphatic carbocycles. The summed E-state index contributed by atoms with van der Waals surface area (Å²) in [7, 11) is 1.60. The smallest absolute Gasteiger partial charge is 0.119 e. The van der Waals surface area contributed by atoms with Crippen LogP contribution in [0.1, 0.15) is 5.56 Å². The van der Waals surface area contributed by atoms with E-state index in [0.29, 0.717) is 18.1 Å². The van der Waals surface area contributed by atoms with Crippen molar-refractivity contribution in [3.8, 4) is 0 Å². The van der Waals surface area contributed by atoms with E-state index in [1.54, 1.807) is 37.6 Å². The molecule has 0 fully saturated rings. The number of nitrogens with zero attached hydrogens (tertiary/aromatic N) is 1. The molecule has 0 bridgehead atoms. The Kier molecular flexibility index (Phi) is 9.05. The van der Waals surface area contributed by atoms with E-state index in [4.69, 9.17) is 10.5 Å². The van der Waals surface area contributed by atoms with Gasteiger partial charge in [0.1, 0.15) is 11.6 Å². The summed E-state index contributed by atoms with van der Waals surface area (Å²) in [5.74, 6) is 1.14. The lowest BCUT2D eigenvalue weighted by Crippen LogP contribution is -2.09. The van der Waals surface area contributed by atoms with Crippen molar-refractivity contribution in [2.24, 2.45) is 10.7 Å². The molecule has 0 spiro atoms. The highest BCUT2D eigenvalue weighted by Gasteiger charge is 1.92. The zero-order valence-electron chi connectivity index (χ0n) is 12.6. The van der Waals surface area contributed by atoms with Crippen molar-refractivity contribution in [3.63, 3.8) is 0 Å². The molecule has 3 N–H and O–H groups in total. The van der Waals surface area contributed by atoms with Crippen LogP contribution in [0.2, 0.25) is 0 Å². The van der Waals surface area contributed by atoms with Crippen LogP contribution < -0.4 is 11.1 Å². The molecule has 0 aliphatic heterocycles. The number of methoxy groups -OCH3 is 1. The first-order valence-electron chi connectivity index (χ1n) is 6.88. The summed E-state index contributed by atoms with van der Waals surface area (Å²) in [6.45, 7) is 0.657. The Bertz CT molecular complexity index is 563. The summed E-state index contributed by atoms with van der Waals surface area (Å²) >= 11 is 4.64. The van der Waals surface area contributed by atoms with Crippen LogP contribution in [-0.4, -0.2) is 25.0 Å². The minimum Gasteiger partial charge on any atom is -0.497 e. The number of hydrogen-bond acceptors (Lipinski definition) is 3. The van der Waals surface area contributed by atoms with Crippen LogP contribution in [0.25, 0.3) is 0 Å². The number of amidine groups is 1. The van der Waals surface area contributed by atoms with Crippen molar-refractivity contribution in [2.75, 3.05) is 13.7 Å². The summed E-state index contributed by atoms with van der Waals surface area (Å²) in [5, 5.41) is 2.77. The third kappa shape index (κ3) is 8.01. The molecule has 5 heteroatoms. The average Bonchev–Trinajstić information content (AvgIpc) is 2.55. The van der Waals surface area contributed by atoms with E-state index >= 15 is 0 Å². The highest BCUT2D eigenvalue weighted by Crippen LogP contribution is 2.00. The Morgan fingerprint density at radius 1 is 1.32 bits per heavy atom. The predicted molar refractivity (Wildman–Crippen MR) is 96.8 cm³/mol. The maximum Gasteiger partial charge on any atom is 0.119 e. The summed E-state index contributed by atoms with van der Waals surface area (Å²) < 4.78 is 5.20. The van der Waals surface area contributed by atoms with Gasteiger partial charge in [-0.2, -0.15) is 0 Å². The van der Waals surface area contributed by atoms with Crippen molar-refractivity contribution < 1.29 is 4.74 Å². The molecule has 0 aromatic heterocycles. The number of rotatable bonds is 9. The van der Waals surface area contributed by atoms with Gasteiger partial charge in [-0.25, -0.2) is 0 Å². The topological polar surface area (TPSA) is 59.6 Å². The number of nitrogens with two attached hydrogens (primary N) is 1. The Morgan fingerprint density at radius 3 is 2.77 bits per heavy atom. The van der Waals surface area contributed by atoms with Gasteiger partial charge in [-0.1, -0.05) is 42.5 Å². The van der Waals surface area contributed by atoms with Gasteiger partial charge in [0.25, 0.3) is 0 Å². The van der Waals surface area contributed by atoms with Crippen LogP contribution >= 0.6 is 12.2 Å². The van der Waals surface area contributed by atoms with Crippen molar-refractivity contribution in [2.45, 2.75) is 6.42 Å².